The summed E-state index contributed by atoms with van der Waals surface area (Å²) in [4.78, 5) is 50.9. The van der Waals surface area contributed by atoms with Crippen molar-refractivity contribution in [1.29, 1.82) is 0 Å². The lowest BCUT2D eigenvalue weighted by molar-refractivity contribution is -0.134. The molecule has 0 bridgehead atoms. The van der Waals surface area contributed by atoms with Crippen molar-refractivity contribution >= 4 is 34.8 Å². The Morgan fingerprint density at radius 1 is 1.03 bits per heavy atom. The fraction of sp³-hybridized carbons (Fsp3) is 0.231. The molecule has 4 rings (SSSR count). The standard InChI is InChI=1S/C22H24N4O2.C4H4O4.H2O/c1-25-20(21(27)26(22(25)28)14-15-5-3-2-4-6-15)12-16-7-8-19-18(11-16)17(9-10-23)13-24-19;5-3(6)1-2-4(7)8;/h2-8,11,13,20,24H,9-10,12,14,23H2,1H3;1-2H,(H,5,6)(H,7,8);1H2/b;2-1-;. The largest absolute Gasteiger partial charge is 0.478 e. The van der Waals surface area contributed by atoms with E-state index in [1.165, 1.54) is 10.5 Å². The van der Waals surface area contributed by atoms with Crippen LogP contribution in [0.15, 0.2) is 66.9 Å². The normalized spacial score (nSPS) is 15.0. The predicted molar refractivity (Wildman–Crippen MR) is 137 cm³/mol. The lowest BCUT2D eigenvalue weighted by atomic mass is 10.0. The minimum absolute atomic E-state index is 0. The van der Waals surface area contributed by atoms with Crippen LogP contribution in [0, 0.1) is 0 Å². The first-order valence-electron chi connectivity index (χ1n) is 11.3. The van der Waals surface area contributed by atoms with Crippen molar-refractivity contribution in [1.82, 2.24) is 14.8 Å². The van der Waals surface area contributed by atoms with Gasteiger partial charge in [-0.1, -0.05) is 36.4 Å². The van der Waals surface area contributed by atoms with Crippen LogP contribution in [0.1, 0.15) is 16.7 Å². The number of H-pyrrole nitrogens is 1. The third kappa shape index (κ3) is 7.26. The van der Waals surface area contributed by atoms with Crippen LogP contribution in [0.3, 0.4) is 0 Å². The Bertz CT molecular complexity index is 1270. The highest BCUT2D eigenvalue weighted by atomic mass is 16.4. The third-order valence-corrected chi connectivity index (χ3v) is 5.78. The average Bonchev–Trinajstić information content (AvgIpc) is 3.34. The number of carboxylic acids is 2. The van der Waals surface area contributed by atoms with Gasteiger partial charge in [-0.3, -0.25) is 9.69 Å². The fourth-order valence-electron chi connectivity index (χ4n) is 3.98. The Balaban J connectivity index is 0.000000467. The molecule has 2 aromatic carbocycles. The van der Waals surface area contributed by atoms with Crippen molar-refractivity contribution in [2.24, 2.45) is 5.73 Å². The number of imide groups is 1. The molecule has 1 unspecified atom stereocenters. The molecule has 1 aromatic heterocycles. The van der Waals surface area contributed by atoms with Gasteiger partial charge in [0.05, 0.1) is 6.54 Å². The quantitative estimate of drug-likeness (QED) is 0.261. The van der Waals surface area contributed by atoms with E-state index in [9.17, 15) is 19.2 Å². The summed E-state index contributed by atoms with van der Waals surface area (Å²) in [5, 5.41) is 16.8. The number of rotatable bonds is 8. The molecule has 2 heterocycles. The summed E-state index contributed by atoms with van der Waals surface area (Å²) in [6, 6.07) is 15.0. The minimum Gasteiger partial charge on any atom is -0.478 e. The monoisotopic (exact) mass is 510 g/mol. The van der Waals surface area contributed by atoms with Crippen LogP contribution < -0.4 is 5.73 Å². The Hall–Kier alpha value is -4.48. The number of carbonyl (C=O) groups is 4. The van der Waals surface area contributed by atoms with Gasteiger partial charge in [0.2, 0.25) is 0 Å². The minimum atomic E-state index is -1.26. The van der Waals surface area contributed by atoms with Crippen molar-refractivity contribution in [3.8, 4) is 0 Å². The number of nitrogens with zero attached hydrogens (tertiary/aromatic N) is 2. The number of nitrogens with one attached hydrogen (secondary N) is 1. The number of hydrogen-bond donors (Lipinski definition) is 4. The van der Waals surface area contributed by atoms with E-state index in [4.69, 9.17) is 15.9 Å². The van der Waals surface area contributed by atoms with Crippen LogP contribution in [0.25, 0.3) is 10.9 Å². The smallest absolute Gasteiger partial charge is 0.328 e. The van der Waals surface area contributed by atoms with E-state index < -0.39 is 18.0 Å². The van der Waals surface area contributed by atoms with Crippen LogP contribution in [-0.4, -0.2) is 74.0 Å². The molecule has 196 valence electrons. The van der Waals surface area contributed by atoms with Crippen LogP contribution in [0.2, 0.25) is 0 Å². The number of aromatic amines is 1. The molecule has 0 aliphatic carbocycles. The zero-order valence-electron chi connectivity index (χ0n) is 20.3. The molecule has 11 nitrogen and oxygen atoms in total. The van der Waals surface area contributed by atoms with Gasteiger partial charge in [0.15, 0.2) is 0 Å². The van der Waals surface area contributed by atoms with Gasteiger partial charge in [-0.25, -0.2) is 14.4 Å². The van der Waals surface area contributed by atoms with E-state index >= 15 is 0 Å². The van der Waals surface area contributed by atoms with Crippen molar-refractivity contribution < 1.29 is 34.9 Å². The number of likely N-dealkylation sites (N-methyl/N-ethyl adjacent to an activating group) is 1. The number of benzene rings is 2. The highest BCUT2D eigenvalue weighted by Crippen LogP contribution is 2.25. The molecule has 0 saturated carbocycles. The SMILES string of the molecule is CN1C(=O)N(Cc2ccccc2)C(=O)C1Cc1ccc2[nH]cc(CCN)c2c1.O.O=C(O)/C=C\C(=O)O. The second-order valence-electron chi connectivity index (χ2n) is 8.27. The first kappa shape index (κ1) is 28.8. The molecule has 0 spiro atoms. The molecule has 11 heteroatoms. The fourth-order valence-corrected chi connectivity index (χ4v) is 3.98. The van der Waals surface area contributed by atoms with Gasteiger partial charge in [0.25, 0.3) is 5.91 Å². The zero-order valence-corrected chi connectivity index (χ0v) is 20.3. The first-order chi connectivity index (χ1) is 17.2. The number of aliphatic carboxylic acids is 2. The van der Waals surface area contributed by atoms with Gasteiger partial charge >= 0.3 is 18.0 Å². The molecule has 1 saturated heterocycles. The second kappa shape index (κ2) is 13.0. The van der Waals surface area contributed by atoms with E-state index in [0.29, 0.717) is 31.7 Å². The van der Waals surface area contributed by atoms with Crippen LogP contribution >= 0.6 is 0 Å². The predicted octanol–water partition coefficient (Wildman–Crippen LogP) is 1.56. The maximum atomic E-state index is 13.0. The molecule has 1 atom stereocenters. The molecular formula is C26H30N4O7. The first-order valence-corrected chi connectivity index (χ1v) is 11.3. The van der Waals surface area contributed by atoms with Crippen molar-refractivity contribution in [2.75, 3.05) is 13.6 Å². The Morgan fingerprint density at radius 2 is 1.68 bits per heavy atom. The Morgan fingerprint density at radius 3 is 2.27 bits per heavy atom. The van der Waals surface area contributed by atoms with Gasteiger partial charge in [-0.2, -0.15) is 0 Å². The second-order valence-corrected chi connectivity index (χ2v) is 8.27. The van der Waals surface area contributed by atoms with Crippen LogP contribution in [0.4, 0.5) is 4.79 Å². The van der Waals surface area contributed by atoms with Gasteiger partial charge in [-0.15, -0.1) is 0 Å². The average molecular weight is 511 g/mol. The van der Waals surface area contributed by atoms with E-state index in [1.807, 2.05) is 48.7 Å². The van der Waals surface area contributed by atoms with Gasteiger partial charge < -0.3 is 31.3 Å². The summed E-state index contributed by atoms with van der Waals surface area (Å²) in [7, 11) is 1.70. The molecule has 7 N–H and O–H groups in total. The van der Waals surface area contributed by atoms with Gasteiger partial charge in [0, 0.05) is 42.7 Å². The van der Waals surface area contributed by atoms with E-state index in [1.54, 1.807) is 11.9 Å². The lowest BCUT2D eigenvalue weighted by Crippen LogP contribution is -2.33. The maximum absolute atomic E-state index is 13.0. The summed E-state index contributed by atoms with van der Waals surface area (Å²) < 4.78 is 0. The van der Waals surface area contributed by atoms with Crippen LogP contribution in [0.5, 0.6) is 0 Å². The molecule has 37 heavy (non-hydrogen) atoms. The summed E-state index contributed by atoms with van der Waals surface area (Å²) in [5.74, 6) is -2.66. The third-order valence-electron chi connectivity index (χ3n) is 5.78. The summed E-state index contributed by atoms with van der Waals surface area (Å²) >= 11 is 0. The van der Waals surface area contributed by atoms with Crippen LogP contribution in [-0.2, 0) is 33.8 Å². The number of fused-ring (bicyclic) bond motifs is 1. The maximum Gasteiger partial charge on any atom is 0.328 e. The molecule has 0 radical (unpaired) electrons. The van der Waals surface area contributed by atoms with Crippen molar-refractivity contribution in [3.05, 3.63) is 83.6 Å². The number of amides is 3. The number of carboxylic acid groups (broad SMARTS) is 2. The number of urea groups is 1. The molecule has 1 fully saturated rings. The zero-order chi connectivity index (χ0) is 26.2. The van der Waals surface area contributed by atoms with E-state index in [2.05, 4.69) is 11.1 Å². The van der Waals surface area contributed by atoms with Crippen molar-refractivity contribution in [3.63, 3.8) is 0 Å². The summed E-state index contributed by atoms with van der Waals surface area (Å²) in [5.41, 5.74) is 9.91. The molecule has 3 amide bonds. The lowest BCUT2D eigenvalue weighted by Gasteiger charge is -2.16. The number of hydrogen-bond acceptors (Lipinski definition) is 5. The highest BCUT2D eigenvalue weighted by Gasteiger charge is 2.42. The molecule has 3 aromatic rings. The summed E-state index contributed by atoms with van der Waals surface area (Å²) in [6.07, 6.45) is 4.40. The molecule has 1 aliphatic heterocycles. The van der Waals surface area contributed by atoms with E-state index in [-0.39, 0.29) is 17.4 Å². The summed E-state index contributed by atoms with van der Waals surface area (Å²) in [6.45, 7) is 0.890. The Labute approximate surface area is 213 Å². The van der Waals surface area contributed by atoms with Crippen molar-refractivity contribution in [2.45, 2.75) is 25.4 Å². The van der Waals surface area contributed by atoms with Gasteiger partial charge in [0.1, 0.15) is 6.04 Å². The number of carbonyl (C=O) groups excluding carboxylic acids is 2. The number of nitrogens with two attached hydrogens (primary N) is 1. The number of aromatic nitrogens is 1. The highest BCUT2D eigenvalue weighted by molar-refractivity contribution is 6.04. The molecule has 1 aliphatic rings. The van der Waals surface area contributed by atoms with Gasteiger partial charge in [-0.05, 0) is 41.8 Å². The Kier molecular flexibility index (Phi) is 10.1. The van der Waals surface area contributed by atoms with E-state index in [0.717, 1.165) is 28.5 Å². The topological polar surface area (TPSA) is 189 Å². The molecular weight excluding hydrogens is 480 g/mol.